The average Bonchev–Trinajstić information content (AvgIpc) is 2.20. The van der Waals surface area contributed by atoms with Crippen LogP contribution < -0.4 is 5.32 Å². The van der Waals surface area contributed by atoms with Crippen molar-refractivity contribution >= 4 is 0 Å². The molecule has 0 spiro atoms. The first kappa shape index (κ1) is 15.9. The summed E-state index contributed by atoms with van der Waals surface area (Å²) >= 11 is 0. The molecule has 0 heterocycles. The zero-order chi connectivity index (χ0) is 12.4. The molecule has 0 amide bonds. The van der Waals surface area contributed by atoms with Gasteiger partial charge >= 0.3 is 0 Å². The summed E-state index contributed by atoms with van der Waals surface area (Å²) in [5, 5.41) is 3.43. The SMILES string of the molecule is CCCCC(CC)COCCNC(C)(C)C. The summed E-state index contributed by atoms with van der Waals surface area (Å²) < 4.78 is 5.72. The largest absolute Gasteiger partial charge is 0.380 e. The number of unbranched alkanes of at least 4 members (excludes halogenated alkanes) is 1. The van der Waals surface area contributed by atoms with Gasteiger partial charge in [0, 0.05) is 18.7 Å². The molecule has 0 rings (SSSR count). The van der Waals surface area contributed by atoms with Crippen LogP contribution in [0.4, 0.5) is 0 Å². The Bertz CT molecular complexity index is 151. The highest BCUT2D eigenvalue weighted by Gasteiger charge is 2.08. The van der Waals surface area contributed by atoms with E-state index in [1.807, 2.05) is 0 Å². The number of rotatable bonds is 9. The van der Waals surface area contributed by atoms with Gasteiger partial charge in [-0.1, -0.05) is 33.1 Å². The maximum Gasteiger partial charge on any atom is 0.0591 e. The quantitative estimate of drug-likeness (QED) is 0.610. The molecule has 1 N–H and O–H groups in total. The predicted molar refractivity (Wildman–Crippen MR) is 71.9 cm³/mol. The van der Waals surface area contributed by atoms with E-state index in [0.717, 1.165) is 25.7 Å². The van der Waals surface area contributed by atoms with Crippen molar-refractivity contribution in [1.82, 2.24) is 5.32 Å². The van der Waals surface area contributed by atoms with E-state index in [9.17, 15) is 0 Å². The molecule has 0 aliphatic carbocycles. The first-order valence-corrected chi connectivity index (χ1v) is 6.82. The third kappa shape index (κ3) is 10.4. The van der Waals surface area contributed by atoms with Gasteiger partial charge in [-0.3, -0.25) is 0 Å². The van der Waals surface area contributed by atoms with Gasteiger partial charge in [-0.15, -0.1) is 0 Å². The fourth-order valence-electron chi connectivity index (χ4n) is 1.65. The number of hydrogen-bond acceptors (Lipinski definition) is 2. The molecule has 0 saturated heterocycles. The number of ether oxygens (including phenoxy) is 1. The molecule has 1 atom stereocenters. The highest BCUT2D eigenvalue weighted by atomic mass is 16.5. The van der Waals surface area contributed by atoms with Crippen LogP contribution in [0.1, 0.15) is 60.3 Å². The van der Waals surface area contributed by atoms with Crippen molar-refractivity contribution in [2.24, 2.45) is 5.92 Å². The van der Waals surface area contributed by atoms with Gasteiger partial charge in [-0.05, 0) is 33.1 Å². The van der Waals surface area contributed by atoms with Crippen LogP contribution in [0.3, 0.4) is 0 Å². The minimum atomic E-state index is 0.204. The second-order valence-electron chi connectivity index (χ2n) is 5.67. The van der Waals surface area contributed by atoms with Crippen LogP contribution in [-0.4, -0.2) is 25.3 Å². The summed E-state index contributed by atoms with van der Waals surface area (Å²) in [5.74, 6) is 0.759. The van der Waals surface area contributed by atoms with Crippen LogP contribution in [-0.2, 0) is 4.74 Å². The molecule has 0 saturated carbocycles. The van der Waals surface area contributed by atoms with Gasteiger partial charge in [0.1, 0.15) is 0 Å². The van der Waals surface area contributed by atoms with Gasteiger partial charge in [0.2, 0.25) is 0 Å². The summed E-state index contributed by atoms with van der Waals surface area (Å²) in [6, 6.07) is 0. The highest BCUT2D eigenvalue weighted by molar-refractivity contribution is 4.69. The van der Waals surface area contributed by atoms with Crippen LogP contribution in [0.2, 0.25) is 0 Å². The monoisotopic (exact) mass is 229 g/mol. The van der Waals surface area contributed by atoms with E-state index in [4.69, 9.17) is 4.74 Å². The topological polar surface area (TPSA) is 21.3 Å². The predicted octanol–water partition coefficient (Wildman–Crippen LogP) is 3.61. The maximum absolute atomic E-state index is 5.72. The van der Waals surface area contributed by atoms with Gasteiger partial charge in [-0.2, -0.15) is 0 Å². The standard InChI is InChI=1S/C14H31NO/c1-6-8-9-13(7-2)12-16-11-10-15-14(3,4)5/h13,15H,6-12H2,1-5H3. The molecule has 1 unspecified atom stereocenters. The molecule has 98 valence electrons. The van der Waals surface area contributed by atoms with Gasteiger partial charge in [-0.25, -0.2) is 0 Å². The summed E-state index contributed by atoms with van der Waals surface area (Å²) in [5.41, 5.74) is 0.204. The van der Waals surface area contributed by atoms with Crippen LogP contribution in [0, 0.1) is 5.92 Å². The fraction of sp³-hybridized carbons (Fsp3) is 1.00. The molecule has 0 aliphatic heterocycles. The smallest absolute Gasteiger partial charge is 0.0591 e. The molecule has 0 aliphatic rings. The zero-order valence-corrected chi connectivity index (χ0v) is 11.9. The van der Waals surface area contributed by atoms with Crippen LogP contribution in [0.5, 0.6) is 0 Å². The van der Waals surface area contributed by atoms with Crippen molar-refractivity contribution in [1.29, 1.82) is 0 Å². The third-order valence-corrected chi connectivity index (χ3v) is 2.80. The van der Waals surface area contributed by atoms with Gasteiger partial charge in [0.05, 0.1) is 6.61 Å². The second-order valence-corrected chi connectivity index (χ2v) is 5.67. The van der Waals surface area contributed by atoms with Crippen molar-refractivity contribution in [2.75, 3.05) is 19.8 Å². The summed E-state index contributed by atoms with van der Waals surface area (Å²) in [4.78, 5) is 0. The van der Waals surface area contributed by atoms with Crippen LogP contribution >= 0.6 is 0 Å². The van der Waals surface area contributed by atoms with E-state index < -0.39 is 0 Å². The van der Waals surface area contributed by atoms with Crippen molar-refractivity contribution in [2.45, 2.75) is 65.8 Å². The molecule has 0 radical (unpaired) electrons. The molecular weight excluding hydrogens is 198 g/mol. The molecule has 2 nitrogen and oxygen atoms in total. The normalized spacial score (nSPS) is 14.1. The Balaban J connectivity index is 3.41. The Morgan fingerprint density at radius 1 is 1.19 bits per heavy atom. The van der Waals surface area contributed by atoms with E-state index in [1.165, 1.54) is 25.7 Å². The average molecular weight is 229 g/mol. The van der Waals surface area contributed by atoms with Crippen molar-refractivity contribution < 1.29 is 4.74 Å². The van der Waals surface area contributed by atoms with E-state index in [2.05, 4.69) is 39.9 Å². The van der Waals surface area contributed by atoms with Crippen LogP contribution in [0.25, 0.3) is 0 Å². The lowest BCUT2D eigenvalue weighted by Gasteiger charge is -2.21. The lowest BCUT2D eigenvalue weighted by molar-refractivity contribution is 0.0924. The lowest BCUT2D eigenvalue weighted by Crippen LogP contribution is -2.38. The molecule has 0 aromatic rings. The fourth-order valence-corrected chi connectivity index (χ4v) is 1.65. The molecular formula is C14H31NO. The Kier molecular flexibility index (Phi) is 8.96. The van der Waals surface area contributed by atoms with Crippen molar-refractivity contribution in [3.05, 3.63) is 0 Å². The van der Waals surface area contributed by atoms with E-state index >= 15 is 0 Å². The first-order valence-electron chi connectivity index (χ1n) is 6.82. The lowest BCUT2D eigenvalue weighted by atomic mass is 10.0. The van der Waals surface area contributed by atoms with Crippen molar-refractivity contribution in [3.63, 3.8) is 0 Å². The van der Waals surface area contributed by atoms with E-state index in [0.29, 0.717) is 0 Å². The van der Waals surface area contributed by atoms with E-state index in [-0.39, 0.29) is 5.54 Å². The van der Waals surface area contributed by atoms with Crippen LogP contribution in [0.15, 0.2) is 0 Å². The summed E-state index contributed by atoms with van der Waals surface area (Å²) in [6.07, 6.45) is 5.19. The minimum absolute atomic E-state index is 0.204. The Morgan fingerprint density at radius 2 is 1.88 bits per heavy atom. The van der Waals surface area contributed by atoms with Gasteiger partial charge in [0.25, 0.3) is 0 Å². The molecule has 0 bridgehead atoms. The van der Waals surface area contributed by atoms with Gasteiger partial charge < -0.3 is 10.1 Å². The summed E-state index contributed by atoms with van der Waals surface area (Å²) in [6.45, 7) is 13.8. The Labute approximate surface area is 102 Å². The molecule has 16 heavy (non-hydrogen) atoms. The molecule has 0 aromatic carbocycles. The summed E-state index contributed by atoms with van der Waals surface area (Å²) in [7, 11) is 0. The number of nitrogens with one attached hydrogen (secondary N) is 1. The first-order chi connectivity index (χ1) is 7.49. The van der Waals surface area contributed by atoms with Crippen molar-refractivity contribution in [3.8, 4) is 0 Å². The Hall–Kier alpha value is -0.0800. The van der Waals surface area contributed by atoms with E-state index in [1.54, 1.807) is 0 Å². The Morgan fingerprint density at radius 3 is 2.38 bits per heavy atom. The molecule has 0 fully saturated rings. The highest BCUT2D eigenvalue weighted by Crippen LogP contribution is 2.12. The molecule has 0 aromatic heterocycles. The molecule has 2 heteroatoms. The zero-order valence-electron chi connectivity index (χ0n) is 11.9. The maximum atomic E-state index is 5.72. The van der Waals surface area contributed by atoms with Gasteiger partial charge in [0.15, 0.2) is 0 Å². The minimum Gasteiger partial charge on any atom is -0.380 e. The number of hydrogen-bond donors (Lipinski definition) is 1. The third-order valence-electron chi connectivity index (χ3n) is 2.80. The second kappa shape index (κ2) is 9.00.